The van der Waals surface area contributed by atoms with Crippen LogP contribution in [-0.2, 0) is 16.0 Å². The number of ether oxygens (including phenoxy) is 1. The first-order valence-corrected chi connectivity index (χ1v) is 15.0. The number of benzene rings is 1. The molecule has 41 heavy (non-hydrogen) atoms. The van der Waals surface area contributed by atoms with Gasteiger partial charge in [0.2, 0.25) is 0 Å². The molecule has 2 heterocycles. The van der Waals surface area contributed by atoms with Crippen molar-refractivity contribution in [3.63, 3.8) is 0 Å². The minimum atomic E-state index is -1.81. The molecular formula is C30H45N3O8. The molecule has 1 aromatic heterocycles. The van der Waals surface area contributed by atoms with E-state index in [-0.39, 0.29) is 5.56 Å². The van der Waals surface area contributed by atoms with Crippen LogP contribution < -0.4 is 0 Å². The number of unbranched alkanes of at least 4 members (excludes halogenated alkanes) is 12. The Balaban J connectivity index is 1.52. The third kappa shape index (κ3) is 9.32. The lowest BCUT2D eigenvalue weighted by molar-refractivity contribution is -0.249. The highest BCUT2D eigenvalue weighted by atomic mass is 16.6. The van der Waals surface area contributed by atoms with Crippen molar-refractivity contribution in [2.75, 3.05) is 0 Å². The maximum absolute atomic E-state index is 11.8. The highest BCUT2D eigenvalue weighted by Gasteiger charge is 2.48. The van der Waals surface area contributed by atoms with Gasteiger partial charge in [0.15, 0.2) is 12.3 Å². The summed E-state index contributed by atoms with van der Waals surface area (Å²) >= 11 is 0. The number of aromatic carboxylic acids is 1. The van der Waals surface area contributed by atoms with Crippen molar-refractivity contribution in [2.45, 2.75) is 127 Å². The number of aromatic nitrogens is 3. The molecule has 0 aliphatic carbocycles. The lowest BCUT2D eigenvalue weighted by Crippen LogP contribution is -2.57. The van der Waals surface area contributed by atoms with Gasteiger partial charge in [0.05, 0.1) is 11.8 Å². The third-order valence-electron chi connectivity index (χ3n) is 7.78. The number of aliphatic carboxylic acids is 1. The van der Waals surface area contributed by atoms with Gasteiger partial charge in [-0.1, -0.05) is 95.3 Å². The van der Waals surface area contributed by atoms with Gasteiger partial charge in [0.25, 0.3) is 0 Å². The highest BCUT2D eigenvalue weighted by molar-refractivity contribution is 5.90. The first-order valence-electron chi connectivity index (χ1n) is 15.0. The van der Waals surface area contributed by atoms with E-state index in [1.165, 1.54) is 76.5 Å². The summed E-state index contributed by atoms with van der Waals surface area (Å²) in [7, 11) is 0. The minimum absolute atomic E-state index is 0.229. The molecule has 1 saturated heterocycles. The Morgan fingerprint density at radius 1 is 0.829 bits per heavy atom. The smallest absolute Gasteiger partial charge is 0.335 e. The Kier molecular flexibility index (Phi) is 13.2. The number of aliphatic hydroxyl groups excluding tert-OH is 3. The van der Waals surface area contributed by atoms with Crippen molar-refractivity contribution in [3.8, 4) is 11.3 Å². The van der Waals surface area contributed by atoms with E-state index in [9.17, 15) is 35.1 Å². The Bertz CT molecular complexity index is 1110. The third-order valence-corrected chi connectivity index (χ3v) is 7.78. The molecule has 5 N–H and O–H groups in total. The zero-order valence-corrected chi connectivity index (χ0v) is 23.9. The zero-order valence-electron chi connectivity index (χ0n) is 23.9. The second kappa shape index (κ2) is 16.5. The molecule has 1 aliphatic rings. The lowest BCUT2D eigenvalue weighted by atomic mass is 9.97. The number of carboxylic acids is 2. The molecule has 0 unspecified atom stereocenters. The van der Waals surface area contributed by atoms with Crippen LogP contribution in [0, 0.1) is 0 Å². The van der Waals surface area contributed by atoms with E-state index in [1.807, 2.05) is 0 Å². The van der Waals surface area contributed by atoms with E-state index in [1.54, 1.807) is 12.1 Å². The van der Waals surface area contributed by atoms with Crippen LogP contribution in [0.1, 0.15) is 113 Å². The molecule has 0 radical (unpaired) electrons. The zero-order chi connectivity index (χ0) is 29.8. The monoisotopic (exact) mass is 575 g/mol. The van der Waals surface area contributed by atoms with Gasteiger partial charge < -0.3 is 30.3 Å². The fourth-order valence-corrected chi connectivity index (χ4v) is 5.32. The largest absolute Gasteiger partial charge is 0.479 e. The molecule has 1 fully saturated rings. The van der Waals surface area contributed by atoms with Crippen LogP contribution in [-0.4, -0.2) is 76.9 Å². The molecule has 11 heteroatoms. The average molecular weight is 576 g/mol. The second-order valence-corrected chi connectivity index (χ2v) is 11.0. The van der Waals surface area contributed by atoms with Crippen molar-refractivity contribution >= 4 is 11.9 Å². The topological polar surface area (TPSA) is 175 Å². The summed E-state index contributed by atoms with van der Waals surface area (Å²) in [6, 6.07) is 4.90. The molecule has 1 aliphatic heterocycles. The molecule has 0 bridgehead atoms. The lowest BCUT2D eigenvalue weighted by Gasteiger charge is -2.38. The van der Waals surface area contributed by atoms with Crippen LogP contribution in [0.4, 0.5) is 0 Å². The van der Waals surface area contributed by atoms with Gasteiger partial charge in [-0.25, -0.2) is 14.3 Å². The summed E-state index contributed by atoms with van der Waals surface area (Å²) in [6.07, 6.45) is 9.69. The van der Waals surface area contributed by atoms with Crippen molar-refractivity contribution in [1.82, 2.24) is 15.0 Å². The van der Waals surface area contributed by atoms with Gasteiger partial charge >= 0.3 is 11.9 Å². The predicted molar refractivity (Wildman–Crippen MR) is 151 cm³/mol. The first-order chi connectivity index (χ1) is 19.7. The Hall–Kier alpha value is -2.86. The number of hydrogen-bond acceptors (Lipinski definition) is 8. The molecule has 228 valence electrons. The highest BCUT2D eigenvalue weighted by Crippen LogP contribution is 2.30. The molecule has 0 spiro atoms. The van der Waals surface area contributed by atoms with E-state index in [0.717, 1.165) is 23.9 Å². The van der Waals surface area contributed by atoms with Gasteiger partial charge in [-0.15, -0.1) is 5.10 Å². The van der Waals surface area contributed by atoms with Crippen molar-refractivity contribution < 1.29 is 39.9 Å². The summed E-state index contributed by atoms with van der Waals surface area (Å²) in [5.41, 5.74) is 1.88. The minimum Gasteiger partial charge on any atom is -0.479 e. The molecular weight excluding hydrogens is 530 g/mol. The maximum Gasteiger partial charge on any atom is 0.335 e. The fraction of sp³-hybridized carbons (Fsp3) is 0.667. The van der Waals surface area contributed by atoms with Crippen molar-refractivity contribution in [2.24, 2.45) is 0 Å². The summed E-state index contributed by atoms with van der Waals surface area (Å²) in [4.78, 5) is 23.2. The number of aliphatic hydroxyl groups is 3. The summed E-state index contributed by atoms with van der Waals surface area (Å²) in [5.74, 6) is -2.49. The fourth-order valence-electron chi connectivity index (χ4n) is 5.32. The normalized spacial score (nSPS) is 22.6. The average Bonchev–Trinajstić information content (AvgIpc) is 3.44. The molecule has 0 saturated carbocycles. The van der Waals surface area contributed by atoms with Crippen LogP contribution in [0.5, 0.6) is 0 Å². The Morgan fingerprint density at radius 2 is 1.41 bits per heavy atom. The molecule has 11 nitrogen and oxygen atoms in total. The number of nitrogens with zero attached hydrogens (tertiary/aromatic N) is 3. The van der Waals surface area contributed by atoms with E-state index in [4.69, 9.17) is 4.74 Å². The van der Waals surface area contributed by atoms with Crippen molar-refractivity contribution in [1.29, 1.82) is 0 Å². The molecule has 5 atom stereocenters. The number of hydrogen-bond donors (Lipinski definition) is 5. The number of carboxylic acid groups (broad SMARTS) is 2. The molecule has 0 amide bonds. The SMILES string of the molecule is CCCCCCCCCCCCCCCc1cc(-c2cn([C@@H]3O[C@H](C(=O)O)[C@@H](O)[C@H](O)[C@H]3O)nn2)ccc1C(=O)O. The van der Waals surface area contributed by atoms with E-state index in [2.05, 4.69) is 17.2 Å². The molecule has 3 rings (SSSR count). The van der Waals surface area contributed by atoms with Crippen LogP contribution in [0.25, 0.3) is 11.3 Å². The first kappa shape index (κ1) is 32.7. The number of aryl methyl sites for hydroxylation is 1. The number of carbonyl (C=O) groups is 2. The van der Waals surface area contributed by atoms with Crippen LogP contribution in [0.3, 0.4) is 0 Å². The predicted octanol–water partition coefficient (Wildman–Crippen LogP) is 4.34. The molecule has 1 aromatic carbocycles. The van der Waals surface area contributed by atoms with E-state index in [0.29, 0.717) is 23.2 Å². The van der Waals surface area contributed by atoms with Gasteiger partial charge in [-0.3, -0.25) is 0 Å². The standard InChI is InChI=1S/C30H45N3O8/c1-2-3-4-5-6-7-8-9-10-11-12-13-14-15-20-18-21(16-17-22(20)29(37)38)23-19-33(32-31-23)28-26(36)24(34)25(35)27(41-28)30(39)40/h16-19,24-28,34-36H,2-15H2,1H3,(H,37,38)(H,39,40)/t24-,25-,26+,27-,28+/m0/s1. The van der Waals surface area contributed by atoms with E-state index >= 15 is 0 Å². The summed E-state index contributed by atoms with van der Waals surface area (Å²) in [5, 5.41) is 57.3. The molecule has 2 aromatic rings. The number of rotatable bonds is 18. The van der Waals surface area contributed by atoms with Gasteiger partial charge in [0.1, 0.15) is 24.0 Å². The van der Waals surface area contributed by atoms with Gasteiger partial charge in [-0.2, -0.15) is 0 Å². The van der Waals surface area contributed by atoms with Crippen LogP contribution >= 0.6 is 0 Å². The van der Waals surface area contributed by atoms with Crippen LogP contribution in [0.15, 0.2) is 24.4 Å². The van der Waals surface area contributed by atoms with Crippen LogP contribution in [0.2, 0.25) is 0 Å². The Morgan fingerprint density at radius 3 is 1.98 bits per heavy atom. The Labute approximate surface area is 241 Å². The second-order valence-electron chi connectivity index (χ2n) is 11.0. The maximum atomic E-state index is 11.8. The summed E-state index contributed by atoms with van der Waals surface area (Å²) in [6.45, 7) is 2.24. The quantitative estimate of drug-likeness (QED) is 0.161. The van der Waals surface area contributed by atoms with E-state index < -0.39 is 42.6 Å². The van der Waals surface area contributed by atoms with Gasteiger partial charge in [0, 0.05) is 5.56 Å². The summed E-state index contributed by atoms with van der Waals surface area (Å²) < 4.78 is 6.39. The van der Waals surface area contributed by atoms with Gasteiger partial charge in [-0.05, 0) is 30.5 Å². The van der Waals surface area contributed by atoms with Crippen molar-refractivity contribution in [3.05, 3.63) is 35.5 Å².